The molecule has 22 heavy (non-hydrogen) atoms. The molecule has 1 aliphatic rings. The predicted molar refractivity (Wildman–Crippen MR) is 81.4 cm³/mol. The number of halogens is 2. The normalized spacial score (nSPS) is 18.5. The highest BCUT2D eigenvalue weighted by Gasteiger charge is 2.31. The summed E-state index contributed by atoms with van der Waals surface area (Å²) in [5.41, 5.74) is 1.30. The van der Waals surface area contributed by atoms with E-state index in [9.17, 15) is 9.18 Å². The largest absolute Gasteiger partial charge is 0.377 e. The molecule has 0 N–H and O–H groups in total. The van der Waals surface area contributed by atoms with Gasteiger partial charge in [-0.05, 0) is 30.3 Å². The van der Waals surface area contributed by atoms with Gasteiger partial charge < -0.3 is 14.2 Å². The van der Waals surface area contributed by atoms with Crippen LogP contribution in [0.1, 0.15) is 22.1 Å². The van der Waals surface area contributed by atoms with E-state index in [4.69, 9.17) is 16.3 Å². The van der Waals surface area contributed by atoms with Gasteiger partial charge in [0.1, 0.15) is 5.82 Å². The second kappa shape index (κ2) is 6.10. The van der Waals surface area contributed by atoms with E-state index < -0.39 is 5.82 Å². The Morgan fingerprint density at radius 3 is 2.91 bits per heavy atom. The van der Waals surface area contributed by atoms with Crippen LogP contribution in [0.2, 0.25) is 5.02 Å². The number of benzene rings is 1. The van der Waals surface area contributed by atoms with E-state index in [2.05, 4.69) is 0 Å². The molecule has 116 valence electrons. The van der Waals surface area contributed by atoms with Gasteiger partial charge in [-0.15, -0.1) is 0 Å². The molecule has 1 saturated heterocycles. The number of aromatic nitrogens is 1. The molecule has 1 aromatic carbocycles. The lowest BCUT2D eigenvalue weighted by atomic mass is 10.1. The van der Waals surface area contributed by atoms with Crippen molar-refractivity contribution in [1.29, 1.82) is 0 Å². The molecule has 2 heterocycles. The summed E-state index contributed by atoms with van der Waals surface area (Å²) in [6.45, 7) is 1.39. The Morgan fingerprint density at radius 1 is 1.41 bits per heavy atom. The van der Waals surface area contributed by atoms with Crippen LogP contribution in [0.3, 0.4) is 0 Å². The summed E-state index contributed by atoms with van der Waals surface area (Å²) in [5, 5.41) is 0.127. The molecule has 1 amide bonds. The molecule has 1 aromatic heterocycles. The fourth-order valence-corrected chi connectivity index (χ4v) is 2.98. The molecule has 0 spiro atoms. The SMILES string of the molecule is Cn1cccc1[C@H]1COCCN1C(=O)c1ccc(F)cc1Cl. The van der Waals surface area contributed by atoms with Gasteiger partial charge in [0, 0.05) is 25.5 Å². The molecule has 1 atom stereocenters. The van der Waals surface area contributed by atoms with Crippen LogP contribution in [-0.4, -0.2) is 35.1 Å². The standard InChI is InChI=1S/C16H16ClFN2O2/c1-19-6-2-3-14(19)15-10-22-8-7-20(15)16(21)12-5-4-11(18)9-13(12)17/h2-6,9,15H,7-8,10H2,1H3/t15-/m1/s1. The highest BCUT2D eigenvalue weighted by atomic mass is 35.5. The molecule has 0 saturated carbocycles. The van der Waals surface area contributed by atoms with E-state index in [0.29, 0.717) is 25.3 Å². The van der Waals surface area contributed by atoms with Crippen LogP contribution in [0, 0.1) is 5.82 Å². The summed E-state index contributed by atoms with van der Waals surface area (Å²) in [4.78, 5) is 14.5. The maximum atomic E-state index is 13.2. The molecule has 2 aromatic rings. The number of morpholine rings is 1. The molecular weight excluding hydrogens is 307 g/mol. The lowest BCUT2D eigenvalue weighted by Gasteiger charge is -2.36. The minimum absolute atomic E-state index is 0.127. The molecule has 1 aliphatic heterocycles. The summed E-state index contributed by atoms with van der Waals surface area (Å²) in [7, 11) is 1.93. The second-order valence-corrected chi connectivity index (χ2v) is 5.66. The predicted octanol–water partition coefficient (Wildman–Crippen LogP) is 3.03. The number of carbonyl (C=O) groups excluding carboxylic acids is 1. The number of rotatable bonds is 2. The minimum Gasteiger partial charge on any atom is -0.377 e. The zero-order chi connectivity index (χ0) is 15.7. The van der Waals surface area contributed by atoms with Crippen molar-refractivity contribution < 1.29 is 13.9 Å². The Kier molecular flexibility index (Phi) is 4.18. The molecule has 1 fully saturated rings. The van der Waals surface area contributed by atoms with Crippen molar-refractivity contribution >= 4 is 17.5 Å². The molecule has 4 nitrogen and oxygen atoms in total. The van der Waals surface area contributed by atoms with Crippen LogP contribution >= 0.6 is 11.6 Å². The molecule has 0 bridgehead atoms. The topological polar surface area (TPSA) is 34.5 Å². The highest BCUT2D eigenvalue weighted by Crippen LogP contribution is 2.28. The van der Waals surface area contributed by atoms with E-state index >= 15 is 0 Å². The fourth-order valence-electron chi connectivity index (χ4n) is 2.73. The monoisotopic (exact) mass is 322 g/mol. The van der Waals surface area contributed by atoms with Crippen molar-refractivity contribution in [3.05, 3.63) is 58.6 Å². The quantitative estimate of drug-likeness (QED) is 0.851. The molecule has 0 aliphatic carbocycles. The van der Waals surface area contributed by atoms with Crippen LogP contribution < -0.4 is 0 Å². The van der Waals surface area contributed by atoms with Gasteiger partial charge >= 0.3 is 0 Å². The summed E-state index contributed by atoms with van der Waals surface area (Å²) in [6.07, 6.45) is 1.93. The Balaban J connectivity index is 1.93. The third-order valence-electron chi connectivity index (χ3n) is 3.88. The lowest BCUT2D eigenvalue weighted by Crippen LogP contribution is -2.44. The molecule has 0 unspecified atom stereocenters. The minimum atomic E-state index is -0.456. The molecule has 6 heteroatoms. The Hall–Kier alpha value is -1.85. The van der Waals surface area contributed by atoms with Gasteiger partial charge in [-0.2, -0.15) is 0 Å². The van der Waals surface area contributed by atoms with Gasteiger partial charge in [-0.1, -0.05) is 11.6 Å². The number of carbonyl (C=O) groups is 1. The van der Waals surface area contributed by atoms with Crippen LogP contribution in [-0.2, 0) is 11.8 Å². The number of hydrogen-bond acceptors (Lipinski definition) is 2. The number of nitrogens with zero attached hydrogens (tertiary/aromatic N) is 2. The van der Waals surface area contributed by atoms with Crippen LogP contribution in [0.15, 0.2) is 36.5 Å². The first-order chi connectivity index (χ1) is 10.6. The van der Waals surface area contributed by atoms with E-state index in [-0.39, 0.29) is 17.0 Å². The van der Waals surface area contributed by atoms with Crippen molar-refractivity contribution in [3.8, 4) is 0 Å². The Morgan fingerprint density at radius 2 is 2.23 bits per heavy atom. The van der Waals surface area contributed by atoms with Gasteiger partial charge in [0.05, 0.1) is 29.8 Å². The van der Waals surface area contributed by atoms with E-state index in [1.165, 1.54) is 12.1 Å². The summed E-state index contributed by atoms with van der Waals surface area (Å²) in [6, 6.07) is 7.55. The lowest BCUT2D eigenvalue weighted by molar-refractivity contribution is -0.00462. The van der Waals surface area contributed by atoms with Gasteiger partial charge in [0.25, 0.3) is 5.91 Å². The van der Waals surface area contributed by atoms with Crippen molar-refractivity contribution in [3.63, 3.8) is 0 Å². The van der Waals surface area contributed by atoms with Crippen molar-refractivity contribution in [2.24, 2.45) is 7.05 Å². The van der Waals surface area contributed by atoms with Crippen LogP contribution in [0.4, 0.5) is 4.39 Å². The van der Waals surface area contributed by atoms with Crippen molar-refractivity contribution in [2.75, 3.05) is 19.8 Å². The number of amides is 1. The second-order valence-electron chi connectivity index (χ2n) is 5.26. The van der Waals surface area contributed by atoms with Crippen LogP contribution in [0.25, 0.3) is 0 Å². The summed E-state index contributed by atoms with van der Waals surface area (Å²) >= 11 is 6.02. The maximum Gasteiger partial charge on any atom is 0.256 e. The zero-order valence-electron chi connectivity index (χ0n) is 12.1. The van der Waals surface area contributed by atoms with Crippen molar-refractivity contribution in [1.82, 2.24) is 9.47 Å². The first-order valence-electron chi connectivity index (χ1n) is 7.03. The Labute approximate surface area is 133 Å². The first kappa shape index (κ1) is 15.1. The van der Waals surface area contributed by atoms with Crippen LogP contribution in [0.5, 0.6) is 0 Å². The van der Waals surface area contributed by atoms with Gasteiger partial charge in [-0.3, -0.25) is 4.79 Å². The average Bonchev–Trinajstić information content (AvgIpc) is 2.93. The van der Waals surface area contributed by atoms with Gasteiger partial charge in [-0.25, -0.2) is 4.39 Å². The van der Waals surface area contributed by atoms with Crippen molar-refractivity contribution in [2.45, 2.75) is 6.04 Å². The van der Waals surface area contributed by atoms with E-state index in [1.54, 1.807) is 4.90 Å². The number of ether oxygens (including phenoxy) is 1. The molecule has 3 rings (SSSR count). The average molecular weight is 323 g/mol. The molecule has 0 radical (unpaired) electrons. The fraction of sp³-hybridized carbons (Fsp3) is 0.312. The van der Waals surface area contributed by atoms with E-state index in [0.717, 1.165) is 11.8 Å². The summed E-state index contributed by atoms with van der Waals surface area (Å²) < 4.78 is 20.7. The first-order valence-corrected chi connectivity index (χ1v) is 7.40. The smallest absolute Gasteiger partial charge is 0.256 e. The van der Waals surface area contributed by atoms with E-state index in [1.807, 2.05) is 29.9 Å². The van der Waals surface area contributed by atoms with Gasteiger partial charge in [0.15, 0.2) is 0 Å². The van der Waals surface area contributed by atoms with Gasteiger partial charge in [0.2, 0.25) is 0 Å². The zero-order valence-corrected chi connectivity index (χ0v) is 12.9. The maximum absolute atomic E-state index is 13.2. The summed E-state index contributed by atoms with van der Waals surface area (Å²) in [5.74, 6) is -0.665. The Bertz CT molecular complexity index is 701. The third kappa shape index (κ3) is 2.74. The number of hydrogen-bond donors (Lipinski definition) is 0. The highest BCUT2D eigenvalue weighted by molar-refractivity contribution is 6.33. The molecular formula is C16H16ClFN2O2. The number of aryl methyl sites for hydroxylation is 1. The third-order valence-corrected chi connectivity index (χ3v) is 4.19.